The summed E-state index contributed by atoms with van der Waals surface area (Å²) in [6, 6.07) is 0. The van der Waals surface area contributed by atoms with Gasteiger partial charge in [-0.3, -0.25) is 4.79 Å². The van der Waals surface area contributed by atoms with Gasteiger partial charge in [0.15, 0.2) is 4.21 Å². The van der Waals surface area contributed by atoms with Crippen LogP contribution in [0.3, 0.4) is 0 Å². The first-order valence-corrected chi connectivity index (χ1v) is 8.26. The number of sulfonamides is 1. The van der Waals surface area contributed by atoms with E-state index in [1.165, 1.54) is 0 Å². The molecule has 0 radical (unpaired) electrons. The summed E-state index contributed by atoms with van der Waals surface area (Å²) in [5, 5.41) is 0. The molecule has 18 heavy (non-hydrogen) atoms. The lowest BCUT2D eigenvalue weighted by atomic mass is 9.93. The molecule has 1 aromatic rings. The predicted molar refractivity (Wildman–Crippen MR) is 71.4 cm³/mol. The van der Waals surface area contributed by atoms with Crippen LogP contribution in [0.25, 0.3) is 0 Å². The average Bonchev–Trinajstić information content (AvgIpc) is 2.97. The maximum absolute atomic E-state index is 12.1. The zero-order chi connectivity index (χ0) is 13.6. The van der Waals surface area contributed by atoms with Gasteiger partial charge in [0.05, 0.1) is 0 Å². The van der Waals surface area contributed by atoms with E-state index in [0.29, 0.717) is 18.2 Å². The molecule has 102 valence electrons. The van der Waals surface area contributed by atoms with Crippen LogP contribution >= 0.6 is 11.3 Å². The second-order valence-electron chi connectivity index (χ2n) is 5.27. The van der Waals surface area contributed by atoms with Gasteiger partial charge in [0.25, 0.3) is 10.0 Å². The van der Waals surface area contributed by atoms with E-state index >= 15 is 0 Å². The zero-order valence-electron chi connectivity index (χ0n) is 10.7. The highest BCUT2D eigenvalue weighted by atomic mass is 32.2. The van der Waals surface area contributed by atoms with Crippen LogP contribution < -0.4 is 9.60 Å². The van der Waals surface area contributed by atoms with Gasteiger partial charge in [-0.05, 0) is 31.1 Å². The Morgan fingerprint density at radius 2 is 2.06 bits per heavy atom. The smallest absolute Gasteiger partial charge is 0.305 e. The van der Waals surface area contributed by atoms with Crippen molar-refractivity contribution in [3.63, 3.8) is 0 Å². The number of hydrogen-bond donors (Lipinski definition) is 2. The molecule has 2 N–H and O–H groups in total. The van der Waals surface area contributed by atoms with Gasteiger partial charge in [-0.15, -0.1) is 0 Å². The quantitative estimate of drug-likeness (QED) is 0.861. The van der Waals surface area contributed by atoms with Crippen LogP contribution in [-0.4, -0.2) is 19.9 Å². The average molecular weight is 290 g/mol. The summed E-state index contributed by atoms with van der Waals surface area (Å²) in [6.07, 6.45) is 2.13. The van der Waals surface area contributed by atoms with Crippen molar-refractivity contribution in [2.45, 2.75) is 37.8 Å². The summed E-state index contributed by atoms with van der Waals surface area (Å²) in [7, 11) is -3.56. The molecule has 2 rings (SSSR count). The first kappa shape index (κ1) is 13.8. The number of hydrogen-bond acceptors (Lipinski definition) is 4. The summed E-state index contributed by atoms with van der Waals surface area (Å²) in [5.74, 6) is 0.464. The molecule has 1 saturated carbocycles. The van der Waals surface area contributed by atoms with Crippen molar-refractivity contribution in [2.24, 2.45) is 11.3 Å². The van der Waals surface area contributed by atoms with Crippen molar-refractivity contribution in [3.05, 3.63) is 15.4 Å². The minimum absolute atomic E-state index is 0.104. The Hall–Kier alpha value is -0.660. The fraction of sp³-hybridized carbons (Fsp3) is 0.727. The fourth-order valence-electron chi connectivity index (χ4n) is 2.07. The molecule has 1 aliphatic rings. The lowest BCUT2D eigenvalue weighted by molar-refractivity contribution is 0.357. The van der Waals surface area contributed by atoms with Gasteiger partial charge in [0, 0.05) is 12.2 Å². The second kappa shape index (κ2) is 4.47. The monoisotopic (exact) mass is 290 g/mol. The third kappa shape index (κ3) is 2.53. The molecular formula is C11H18N2O3S2. The number of H-pyrrole nitrogens is 1. The van der Waals surface area contributed by atoms with Crippen LogP contribution in [0.15, 0.2) is 9.00 Å². The van der Waals surface area contributed by atoms with Crippen molar-refractivity contribution >= 4 is 21.4 Å². The number of rotatable bonds is 5. The lowest BCUT2D eigenvalue weighted by Crippen LogP contribution is -2.32. The van der Waals surface area contributed by atoms with Gasteiger partial charge in [-0.2, -0.15) is 0 Å². The molecule has 1 heterocycles. The minimum Gasteiger partial charge on any atom is -0.315 e. The second-order valence-corrected chi connectivity index (χ2v) is 8.21. The molecule has 0 bridgehead atoms. The molecular weight excluding hydrogens is 272 g/mol. The summed E-state index contributed by atoms with van der Waals surface area (Å²) >= 11 is 0.739. The van der Waals surface area contributed by atoms with E-state index in [4.69, 9.17) is 0 Å². The SMILES string of the molecule is Cc1[nH]c(=O)sc1S(=O)(=O)NCC1(C(C)C)CC1. The number of aromatic amines is 1. The highest BCUT2D eigenvalue weighted by Gasteiger charge is 2.45. The van der Waals surface area contributed by atoms with Crippen molar-refractivity contribution < 1.29 is 8.42 Å². The highest BCUT2D eigenvalue weighted by Crippen LogP contribution is 2.51. The predicted octanol–water partition coefficient (Wildman–Crippen LogP) is 1.46. The van der Waals surface area contributed by atoms with Gasteiger partial charge in [0.1, 0.15) is 0 Å². The van der Waals surface area contributed by atoms with E-state index in [9.17, 15) is 13.2 Å². The number of nitrogens with one attached hydrogen (secondary N) is 2. The van der Waals surface area contributed by atoms with Crippen molar-refractivity contribution in [3.8, 4) is 0 Å². The van der Waals surface area contributed by atoms with E-state index in [2.05, 4.69) is 23.6 Å². The topological polar surface area (TPSA) is 79.0 Å². The molecule has 1 aromatic heterocycles. The molecule has 0 saturated heterocycles. The molecule has 0 amide bonds. The van der Waals surface area contributed by atoms with Gasteiger partial charge < -0.3 is 4.98 Å². The largest absolute Gasteiger partial charge is 0.315 e. The molecule has 1 fully saturated rings. The van der Waals surface area contributed by atoms with E-state index in [1.54, 1.807) is 6.92 Å². The summed E-state index contributed by atoms with van der Waals surface area (Å²) in [6.45, 7) is 6.28. The Balaban J connectivity index is 2.14. The van der Waals surface area contributed by atoms with E-state index in [1.807, 2.05) is 0 Å². The third-order valence-corrected chi connectivity index (χ3v) is 6.76. The van der Waals surface area contributed by atoms with Crippen molar-refractivity contribution in [1.82, 2.24) is 9.71 Å². The number of aryl methyl sites for hydroxylation is 1. The minimum atomic E-state index is -3.56. The molecule has 0 aromatic carbocycles. The van der Waals surface area contributed by atoms with Crippen LogP contribution in [-0.2, 0) is 10.0 Å². The van der Waals surface area contributed by atoms with Gasteiger partial charge in [0.2, 0.25) is 0 Å². The molecule has 7 heteroatoms. The normalized spacial score (nSPS) is 18.2. The molecule has 1 aliphatic carbocycles. The maximum atomic E-state index is 12.1. The van der Waals surface area contributed by atoms with Crippen LogP contribution in [0.4, 0.5) is 0 Å². The molecule has 5 nitrogen and oxygen atoms in total. The Morgan fingerprint density at radius 3 is 2.44 bits per heavy atom. The first-order chi connectivity index (χ1) is 8.27. The van der Waals surface area contributed by atoms with Gasteiger partial charge >= 0.3 is 4.87 Å². The number of aromatic nitrogens is 1. The van der Waals surface area contributed by atoms with Crippen LogP contribution in [0, 0.1) is 18.3 Å². The van der Waals surface area contributed by atoms with E-state index < -0.39 is 10.0 Å². The summed E-state index contributed by atoms with van der Waals surface area (Å²) in [5.41, 5.74) is 0.522. The summed E-state index contributed by atoms with van der Waals surface area (Å²) < 4.78 is 26.9. The molecule has 0 aliphatic heterocycles. The van der Waals surface area contributed by atoms with Crippen molar-refractivity contribution in [2.75, 3.05) is 6.54 Å². The Kier molecular flexibility index (Phi) is 3.42. The molecule has 0 spiro atoms. The Labute approximate surface area is 111 Å². The summed E-state index contributed by atoms with van der Waals surface area (Å²) in [4.78, 5) is 13.3. The Bertz CT molecular complexity index is 594. The van der Waals surface area contributed by atoms with E-state index in [0.717, 1.165) is 24.2 Å². The van der Waals surface area contributed by atoms with Crippen LogP contribution in [0.1, 0.15) is 32.4 Å². The van der Waals surface area contributed by atoms with E-state index in [-0.39, 0.29) is 14.5 Å². The maximum Gasteiger partial charge on any atom is 0.305 e. The van der Waals surface area contributed by atoms with Crippen LogP contribution in [0.2, 0.25) is 0 Å². The zero-order valence-corrected chi connectivity index (χ0v) is 12.4. The molecule has 0 atom stereocenters. The molecule has 0 unspecified atom stereocenters. The highest BCUT2D eigenvalue weighted by molar-refractivity contribution is 7.91. The number of thiazole rings is 1. The van der Waals surface area contributed by atoms with Crippen LogP contribution in [0.5, 0.6) is 0 Å². The van der Waals surface area contributed by atoms with Gasteiger partial charge in [-0.25, -0.2) is 13.1 Å². The van der Waals surface area contributed by atoms with Gasteiger partial charge in [-0.1, -0.05) is 25.2 Å². The standard InChI is InChI=1S/C11H18N2O3S2/c1-7(2)11(4-5-11)6-12-18(15,16)9-8(3)13-10(14)17-9/h7,12H,4-6H2,1-3H3,(H,13,14). The fourth-order valence-corrected chi connectivity index (χ4v) is 4.55. The van der Waals surface area contributed by atoms with Crippen molar-refractivity contribution in [1.29, 1.82) is 0 Å². The Morgan fingerprint density at radius 1 is 1.44 bits per heavy atom. The third-order valence-electron chi connectivity index (χ3n) is 3.76. The lowest BCUT2D eigenvalue weighted by Gasteiger charge is -2.19. The first-order valence-electron chi connectivity index (χ1n) is 5.96.